The van der Waals surface area contributed by atoms with Crippen LogP contribution in [0.15, 0.2) is 42.5 Å². The predicted molar refractivity (Wildman–Crippen MR) is 120 cm³/mol. The maximum atomic E-state index is 12.5. The number of thiazole rings is 1. The third kappa shape index (κ3) is 4.52. The molecule has 2 aromatic carbocycles. The lowest BCUT2D eigenvalue weighted by Crippen LogP contribution is -3.11. The summed E-state index contributed by atoms with van der Waals surface area (Å²) in [5, 5.41) is 6.79. The zero-order chi connectivity index (χ0) is 21.1. The zero-order valence-electron chi connectivity index (χ0n) is 17.3. The number of para-hydroxylation sites is 2. The van der Waals surface area contributed by atoms with E-state index in [-0.39, 0.29) is 24.4 Å². The van der Waals surface area contributed by atoms with E-state index in [4.69, 9.17) is 4.98 Å². The van der Waals surface area contributed by atoms with Gasteiger partial charge in [-0.05, 0) is 37.1 Å². The molecule has 1 aromatic heterocycles. The summed E-state index contributed by atoms with van der Waals surface area (Å²) < 4.78 is 1.19. The van der Waals surface area contributed by atoms with Crippen LogP contribution in [0, 0.1) is 13.8 Å². The van der Waals surface area contributed by atoms with Gasteiger partial charge in [0.15, 0.2) is 11.6 Å². The smallest absolute Gasteiger partial charge is 0.275 e. The fraction of sp³-hybridized carbons (Fsp3) is 0.348. The molecule has 2 amide bonds. The SMILES string of the molecule is Cc1cccc(C)c1NC(=O)CNC(=O)C[NH+]1CCC[C@H]1c1nc2ccccc2s1. The molecule has 1 aliphatic rings. The minimum Gasteiger partial charge on any atom is -0.342 e. The average molecular weight is 424 g/mol. The van der Waals surface area contributed by atoms with E-state index in [9.17, 15) is 9.59 Å². The van der Waals surface area contributed by atoms with Crippen molar-refractivity contribution in [2.75, 3.05) is 25.0 Å². The summed E-state index contributed by atoms with van der Waals surface area (Å²) in [5.74, 6) is -0.311. The third-order valence-corrected chi connectivity index (χ3v) is 6.82. The van der Waals surface area contributed by atoms with Gasteiger partial charge in [-0.1, -0.05) is 30.3 Å². The zero-order valence-corrected chi connectivity index (χ0v) is 18.1. The van der Waals surface area contributed by atoms with Crippen LogP contribution < -0.4 is 15.5 Å². The Morgan fingerprint density at radius 1 is 1.10 bits per heavy atom. The van der Waals surface area contributed by atoms with Gasteiger partial charge in [0, 0.05) is 18.5 Å². The van der Waals surface area contributed by atoms with E-state index in [1.54, 1.807) is 11.3 Å². The van der Waals surface area contributed by atoms with Crippen molar-refractivity contribution < 1.29 is 14.5 Å². The second-order valence-electron chi connectivity index (χ2n) is 7.89. The number of quaternary nitrogens is 1. The Labute approximate surface area is 180 Å². The van der Waals surface area contributed by atoms with Crippen LogP contribution in [0.3, 0.4) is 0 Å². The number of carbonyl (C=O) groups is 2. The van der Waals surface area contributed by atoms with Gasteiger partial charge in [-0.25, -0.2) is 4.98 Å². The normalized spacial score (nSPS) is 18.5. The van der Waals surface area contributed by atoms with Crippen LogP contribution in [0.4, 0.5) is 5.69 Å². The topological polar surface area (TPSA) is 75.5 Å². The minimum absolute atomic E-state index is 0.0221. The molecular weight excluding hydrogens is 396 g/mol. The lowest BCUT2D eigenvalue weighted by atomic mass is 10.1. The number of rotatable bonds is 6. The first-order valence-corrected chi connectivity index (χ1v) is 11.2. The molecule has 0 spiro atoms. The molecule has 1 saturated heterocycles. The number of amides is 2. The van der Waals surface area contributed by atoms with Gasteiger partial charge in [-0.15, -0.1) is 11.3 Å². The van der Waals surface area contributed by atoms with Gasteiger partial charge in [0.05, 0.1) is 23.3 Å². The number of likely N-dealkylation sites (tertiary alicyclic amines) is 1. The third-order valence-electron chi connectivity index (χ3n) is 5.67. The monoisotopic (exact) mass is 423 g/mol. The van der Waals surface area contributed by atoms with Crippen LogP contribution in [0.25, 0.3) is 10.2 Å². The van der Waals surface area contributed by atoms with Crippen molar-refractivity contribution in [3.63, 3.8) is 0 Å². The Morgan fingerprint density at radius 3 is 2.63 bits per heavy atom. The fourth-order valence-electron chi connectivity index (χ4n) is 4.10. The summed E-state index contributed by atoms with van der Waals surface area (Å²) in [4.78, 5) is 30.8. The van der Waals surface area contributed by atoms with Gasteiger partial charge in [0.1, 0.15) is 6.04 Å². The van der Waals surface area contributed by atoms with Crippen molar-refractivity contribution in [3.8, 4) is 0 Å². The summed E-state index contributed by atoms with van der Waals surface area (Å²) in [6, 6.07) is 14.3. The number of hydrogen-bond acceptors (Lipinski definition) is 4. The Balaban J connectivity index is 1.32. The Kier molecular flexibility index (Phi) is 6.11. The first-order valence-electron chi connectivity index (χ1n) is 10.3. The molecule has 0 bridgehead atoms. The van der Waals surface area contributed by atoms with Gasteiger partial charge in [0.25, 0.3) is 5.91 Å². The van der Waals surface area contributed by atoms with Crippen molar-refractivity contribution >= 4 is 39.1 Å². The molecule has 0 saturated carbocycles. The van der Waals surface area contributed by atoms with E-state index in [0.29, 0.717) is 6.54 Å². The molecule has 2 heterocycles. The molecule has 1 fully saturated rings. The quantitative estimate of drug-likeness (QED) is 0.570. The second-order valence-corrected chi connectivity index (χ2v) is 8.95. The summed E-state index contributed by atoms with van der Waals surface area (Å²) in [6.07, 6.45) is 2.12. The van der Waals surface area contributed by atoms with Gasteiger partial charge in [-0.3, -0.25) is 9.59 Å². The number of fused-ring (bicyclic) bond motifs is 1. The molecular formula is C23H27N4O2S+. The first-order chi connectivity index (χ1) is 14.5. The number of benzene rings is 2. The van der Waals surface area contributed by atoms with Crippen LogP contribution >= 0.6 is 11.3 Å². The van der Waals surface area contributed by atoms with Crippen molar-refractivity contribution in [2.45, 2.75) is 32.7 Å². The Hall–Kier alpha value is -2.77. The number of aromatic nitrogens is 1. The van der Waals surface area contributed by atoms with Gasteiger partial charge < -0.3 is 15.5 Å². The number of aryl methyl sites for hydroxylation is 2. The van der Waals surface area contributed by atoms with E-state index < -0.39 is 0 Å². The number of carbonyl (C=O) groups excluding carboxylic acids is 2. The number of hydrogen-bond donors (Lipinski definition) is 3. The molecule has 3 aromatic rings. The highest BCUT2D eigenvalue weighted by Crippen LogP contribution is 2.28. The van der Waals surface area contributed by atoms with Crippen molar-refractivity contribution in [3.05, 3.63) is 58.6 Å². The molecule has 2 atom stereocenters. The lowest BCUT2D eigenvalue weighted by Gasteiger charge is -2.19. The van der Waals surface area contributed by atoms with E-state index in [0.717, 1.165) is 46.7 Å². The minimum atomic E-state index is -0.208. The highest BCUT2D eigenvalue weighted by molar-refractivity contribution is 7.18. The highest BCUT2D eigenvalue weighted by Gasteiger charge is 2.34. The predicted octanol–water partition coefficient (Wildman–Crippen LogP) is 2.39. The molecule has 0 aliphatic carbocycles. The first kappa shape index (κ1) is 20.5. The molecule has 30 heavy (non-hydrogen) atoms. The summed E-state index contributed by atoms with van der Waals surface area (Å²) in [5.41, 5.74) is 3.86. The van der Waals surface area contributed by atoms with Crippen LogP contribution in [0.2, 0.25) is 0 Å². The van der Waals surface area contributed by atoms with Gasteiger partial charge in [0.2, 0.25) is 5.91 Å². The highest BCUT2D eigenvalue weighted by atomic mass is 32.1. The summed E-state index contributed by atoms with van der Waals surface area (Å²) in [7, 11) is 0. The fourth-order valence-corrected chi connectivity index (χ4v) is 5.26. The van der Waals surface area contributed by atoms with Gasteiger partial charge in [-0.2, -0.15) is 0 Å². The largest absolute Gasteiger partial charge is 0.342 e. The van der Waals surface area contributed by atoms with Gasteiger partial charge >= 0.3 is 0 Å². The maximum absolute atomic E-state index is 12.5. The number of nitrogens with one attached hydrogen (secondary N) is 3. The molecule has 0 radical (unpaired) electrons. The Bertz CT molecular complexity index is 1020. The van der Waals surface area contributed by atoms with Crippen molar-refractivity contribution in [1.29, 1.82) is 0 Å². The van der Waals surface area contributed by atoms with Crippen molar-refractivity contribution in [2.24, 2.45) is 0 Å². The lowest BCUT2D eigenvalue weighted by molar-refractivity contribution is -0.910. The number of nitrogens with zero attached hydrogens (tertiary/aromatic N) is 1. The maximum Gasteiger partial charge on any atom is 0.275 e. The van der Waals surface area contributed by atoms with E-state index in [1.807, 2.05) is 50.2 Å². The van der Waals surface area contributed by atoms with E-state index in [1.165, 1.54) is 9.60 Å². The van der Waals surface area contributed by atoms with Crippen molar-refractivity contribution in [1.82, 2.24) is 10.3 Å². The summed E-state index contributed by atoms with van der Waals surface area (Å²) >= 11 is 1.72. The molecule has 3 N–H and O–H groups in total. The molecule has 156 valence electrons. The standard InChI is InChI=1S/C23H26N4O2S/c1-15-7-5-8-16(2)22(15)26-20(28)13-24-21(29)14-27-12-6-10-18(27)23-25-17-9-3-4-11-19(17)30-23/h3-5,7-9,11,18H,6,10,12-14H2,1-2H3,(H,24,29)(H,26,28)/p+1/t18-/m0/s1. The molecule has 7 heteroatoms. The van der Waals surface area contributed by atoms with E-state index >= 15 is 0 Å². The van der Waals surface area contributed by atoms with E-state index in [2.05, 4.69) is 16.7 Å². The second kappa shape index (κ2) is 8.93. The molecule has 1 unspecified atom stereocenters. The molecule has 4 rings (SSSR count). The summed E-state index contributed by atoms with van der Waals surface area (Å²) in [6.45, 7) is 5.20. The average Bonchev–Trinajstić information content (AvgIpc) is 3.35. The Morgan fingerprint density at radius 2 is 1.87 bits per heavy atom. The molecule has 1 aliphatic heterocycles. The number of anilines is 1. The van der Waals surface area contributed by atoms with Crippen LogP contribution in [-0.2, 0) is 9.59 Å². The van der Waals surface area contributed by atoms with Crippen LogP contribution in [0.5, 0.6) is 0 Å². The van der Waals surface area contributed by atoms with Crippen LogP contribution in [0.1, 0.15) is 35.0 Å². The molecule has 6 nitrogen and oxygen atoms in total. The van der Waals surface area contributed by atoms with Crippen LogP contribution in [-0.4, -0.2) is 36.4 Å².